The topological polar surface area (TPSA) is 51.8 Å². The Kier molecular flexibility index (Phi) is 9.14. The molecule has 0 bridgehead atoms. The minimum atomic E-state index is 0.590. The van der Waals surface area contributed by atoms with Crippen molar-refractivity contribution < 1.29 is 4.42 Å². The Balaban J connectivity index is 1.16. The zero-order valence-corrected chi connectivity index (χ0v) is 33.1. The van der Waals surface area contributed by atoms with Crippen molar-refractivity contribution in [2.75, 3.05) is 0 Å². The van der Waals surface area contributed by atoms with Crippen LogP contribution in [0.3, 0.4) is 0 Å². The number of hydrogen-bond donors (Lipinski definition) is 0. The summed E-state index contributed by atoms with van der Waals surface area (Å²) in [5.41, 5.74) is 15.4. The number of hydrogen-bond acceptors (Lipinski definition) is 4. The van der Waals surface area contributed by atoms with Gasteiger partial charge < -0.3 is 4.42 Å². The molecule has 0 aliphatic rings. The van der Waals surface area contributed by atoms with Crippen LogP contribution in [0.1, 0.15) is 0 Å². The van der Waals surface area contributed by atoms with Gasteiger partial charge in [-0.05, 0) is 80.4 Å². The second-order valence-corrected chi connectivity index (χ2v) is 15.2. The van der Waals surface area contributed by atoms with Gasteiger partial charge >= 0.3 is 0 Å². The van der Waals surface area contributed by atoms with Crippen molar-refractivity contribution in [3.63, 3.8) is 0 Å². The van der Waals surface area contributed by atoms with Crippen molar-refractivity contribution in [3.8, 4) is 89.8 Å². The molecule has 0 unspecified atom stereocenters. The smallest absolute Gasteiger partial charge is 0.164 e. The number of furan rings is 1. The van der Waals surface area contributed by atoms with Gasteiger partial charge in [-0.25, -0.2) is 15.0 Å². The Labute approximate surface area is 354 Å². The summed E-state index contributed by atoms with van der Waals surface area (Å²) in [5.74, 6) is 1.79. The summed E-state index contributed by atoms with van der Waals surface area (Å²) in [6.45, 7) is 0. The van der Waals surface area contributed by atoms with Crippen molar-refractivity contribution in [3.05, 3.63) is 224 Å². The van der Waals surface area contributed by atoms with Gasteiger partial charge in [-0.2, -0.15) is 0 Å². The Hall–Kier alpha value is -8.21. The highest BCUT2D eigenvalue weighted by Crippen LogP contribution is 2.44. The Bertz CT molecular complexity index is 3210. The van der Waals surface area contributed by atoms with E-state index in [0.29, 0.717) is 17.5 Å². The minimum absolute atomic E-state index is 0.590. The van der Waals surface area contributed by atoms with E-state index in [1.165, 1.54) is 0 Å². The molecular weight excluding hydrogens is 743 g/mol. The predicted molar refractivity (Wildman–Crippen MR) is 251 cm³/mol. The lowest BCUT2D eigenvalue weighted by molar-refractivity contribution is 0.669. The molecule has 0 aliphatic heterocycles. The van der Waals surface area contributed by atoms with Gasteiger partial charge in [0.05, 0.1) is 0 Å². The molecule has 0 aliphatic carbocycles. The predicted octanol–water partition coefficient (Wildman–Crippen LogP) is 15.1. The van der Waals surface area contributed by atoms with Gasteiger partial charge in [0, 0.05) is 33.0 Å². The Morgan fingerprint density at radius 3 is 1.20 bits per heavy atom. The first-order valence-corrected chi connectivity index (χ1v) is 20.5. The van der Waals surface area contributed by atoms with Crippen LogP contribution < -0.4 is 0 Å². The molecule has 9 aromatic carbocycles. The average Bonchev–Trinajstić information content (AvgIpc) is 3.73. The lowest BCUT2D eigenvalue weighted by atomic mass is 9.86. The third-order valence-electron chi connectivity index (χ3n) is 11.4. The largest absolute Gasteiger partial charge is 0.456 e. The number of aromatic nitrogens is 3. The second-order valence-electron chi connectivity index (χ2n) is 15.2. The third kappa shape index (κ3) is 6.96. The van der Waals surface area contributed by atoms with Crippen LogP contribution in [0, 0.1) is 0 Å². The number of benzene rings is 9. The molecule has 286 valence electrons. The first kappa shape index (κ1) is 35.9. The lowest BCUT2D eigenvalue weighted by Gasteiger charge is -2.19. The summed E-state index contributed by atoms with van der Waals surface area (Å²) in [5, 5.41) is 2.16. The highest BCUT2D eigenvalue weighted by atomic mass is 16.3. The van der Waals surface area contributed by atoms with Gasteiger partial charge in [-0.3, -0.25) is 0 Å². The summed E-state index contributed by atoms with van der Waals surface area (Å²) in [6, 6.07) is 78.3. The SMILES string of the molecule is c1ccc(-c2ccc(-c3nc(-c4ccc(-c5ccccc5)cc4)nc(-c4cc(-c5ccccc5)cc(-c5ccc6oc7ccccc7c6c5)c4-c4ccccc4)n3)cc2)cc1. The van der Waals surface area contributed by atoms with E-state index in [-0.39, 0.29) is 0 Å². The van der Waals surface area contributed by atoms with Crippen molar-refractivity contribution in [1.29, 1.82) is 0 Å². The third-order valence-corrected chi connectivity index (χ3v) is 11.4. The molecule has 0 spiro atoms. The van der Waals surface area contributed by atoms with Gasteiger partial charge in [-0.15, -0.1) is 0 Å². The maximum Gasteiger partial charge on any atom is 0.164 e. The summed E-state index contributed by atoms with van der Waals surface area (Å²) >= 11 is 0. The van der Waals surface area contributed by atoms with Crippen LogP contribution in [0.2, 0.25) is 0 Å². The molecule has 0 saturated carbocycles. The first-order valence-electron chi connectivity index (χ1n) is 20.5. The van der Waals surface area contributed by atoms with Crippen molar-refractivity contribution in [1.82, 2.24) is 15.0 Å². The zero-order chi connectivity index (χ0) is 40.5. The Morgan fingerprint density at radius 2 is 0.639 bits per heavy atom. The highest BCUT2D eigenvalue weighted by molar-refractivity contribution is 6.07. The number of nitrogens with zero attached hydrogens (tertiary/aromatic N) is 3. The number of fused-ring (bicyclic) bond motifs is 3. The van der Waals surface area contributed by atoms with Crippen molar-refractivity contribution in [2.24, 2.45) is 0 Å². The molecule has 0 atom stereocenters. The molecule has 4 heteroatoms. The first-order chi connectivity index (χ1) is 30.2. The minimum Gasteiger partial charge on any atom is -0.456 e. The van der Waals surface area contributed by atoms with E-state index in [1.807, 2.05) is 24.3 Å². The van der Waals surface area contributed by atoms with Crippen LogP contribution in [0.5, 0.6) is 0 Å². The second kappa shape index (κ2) is 15.5. The van der Waals surface area contributed by atoms with E-state index in [2.05, 4.69) is 200 Å². The normalized spacial score (nSPS) is 11.3. The average molecular weight is 780 g/mol. The lowest BCUT2D eigenvalue weighted by Crippen LogP contribution is -2.02. The molecule has 11 aromatic rings. The van der Waals surface area contributed by atoms with Crippen LogP contribution in [0.15, 0.2) is 229 Å². The maximum absolute atomic E-state index is 6.29. The van der Waals surface area contributed by atoms with Gasteiger partial charge in [0.1, 0.15) is 11.2 Å². The van der Waals surface area contributed by atoms with Crippen LogP contribution in [0.4, 0.5) is 0 Å². The van der Waals surface area contributed by atoms with Gasteiger partial charge in [0.15, 0.2) is 17.5 Å². The molecule has 61 heavy (non-hydrogen) atoms. The van der Waals surface area contributed by atoms with Crippen LogP contribution in [0.25, 0.3) is 112 Å². The van der Waals surface area contributed by atoms with E-state index < -0.39 is 0 Å². The van der Waals surface area contributed by atoms with Crippen LogP contribution in [-0.4, -0.2) is 15.0 Å². The van der Waals surface area contributed by atoms with Crippen LogP contribution >= 0.6 is 0 Å². The standard InChI is InChI=1S/C57H37N3O/c1-5-15-38(16-6-1)41-25-29-44(30-26-41)55-58-56(45-31-27-42(28-32-45)39-17-7-2-8-18-39)60-57(59-55)51-37-47(40-19-9-3-10-20-40)36-49(54(51)43-21-11-4-12-22-43)46-33-34-53-50(35-46)48-23-13-14-24-52(48)61-53/h1-37H. The summed E-state index contributed by atoms with van der Waals surface area (Å²) in [4.78, 5) is 15.9. The maximum atomic E-state index is 6.29. The quantitative estimate of drug-likeness (QED) is 0.154. The van der Waals surface area contributed by atoms with E-state index >= 15 is 0 Å². The van der Waals surface area contributed by atoms with Crippen molar-refractivity contribution in [2.45, 2.75) is 0 Å². The summed E-state index contributed by atoms with van der Waals surface area (Å²) in [7, 11) is 0. The molecule has 0 amide bonds. The van der Waals surface area contributed by atoms with E-state index in [9.17, 15) is 0 Å². The van der Waals surface area contributed by atoms with Crippen molar-refractivity contribution >= 4 is 21.9 Å². The summed E-state index contributed by atoms with van der Waals surface area (Å²) < 4.78 is 6.29. The molecule has 0 radical (unpaired) electrons. The number of rotatable bonds is 8. The molecule has 2 aromatic heterocycles. The van der Waals surface area contributed by atoms with Gasteiger partial charge in [0.2, 0.25) is 0 Å². The highest BCUT2D eigenvalue weighted by Gasteiger charge is 2.22. The molecule has 2 heterocycles. The van der Waals surface area contributed by atoms with E-state index in [4.69, 9.17) is 19.4 Å². The molecular formula is C57H37N3O. The van der Waals surface area contributed by atoms with E-state index in [1.54, 1.807) is 0 Å². The van der Waals surface area contributed by atoms with E-state index in [0.717, 1.165) is 94.3 Å². The fourth-order valence-electron chi connectivity index (χ4n) is 8.29. The fraction of sp³-hybridized carbons (Fsp3) is 0. The zero-order valence-electron chi connectivity index (χ0n) is 33.1. The monoisotopic (exact) mass is 779 g/mol. The molecule has 11 rings (SSSR count). The van der Waals surface area contributed by atoms with Crippen LogP contribution in [-0.2, 0) is 0 Å². The van der Waals surface area contributed by atoms with Gasteiger partial charge in [0.25, 0.3) is 0 Å². The fourth-order valence-corrected chi connectivity index (χ4v) is 8.29. The molecule has 4 nitrogen and oxygen atoms in total. The molecule has 0 saturated heterocycles. The molecule has 0 N–H and O–H groups in total. The Morgan fingerprint density at radius 1 is 0.246 bits per heavy atom. The molecule has 0 fully saturated rings. The summed E-state index contributed by atoms with van der Waals surface area (Å²) in [6.07, 6.45) is 0. The number of para-hydroxylation sites is 1. The van der Waals surface area contributed by atoms with Gasteiger partial charge in [-0.1, -0.05) is 194 Å².